The van der Waals surface area contributed by atoms with Gasteiger partial charge in [0.15, 0.2) is 0 Å². The highest BCUT2D eigenvalue weighted by Gasteiger charge is 2.20. The number of esters is 1. The molecule has 0 aliphatic carbocycles. The van der Waals surface area contributed by atoms with E-state index in [-0.39, 0.29) is 18.5 Å². The zero-order valence-corrected chi connectivity index (χ0v) is 59.3. The number of amides is 1. The Labute approximate surface area is 545 Å². The van der Waals surface area contributed by atoms with E-state index in [2.05, 4.69) is 43.5 Å². The summed E-state index contributed by atoms with van der Waals surface area (Å²) in [5.74, 6) is -0.0131. The van der Waals surface area contributed by atoms with E-state index in [9.17, 15) is 19.8 Å². The van der Waals surface area contributed by atoms with Crippen molar-refractivity contribution >= 4 is 11.9 Å². The van der Waals surface area contributed by atoms with Gasteiger partial charge >= 0.3 is 5.97 Å². The zero-order chi connectivity index (χ0) is 62.8. The first-order valence-electron chi connectivity index (χ1n) is 40.1. The van der Waals surface area contributed by atoms with E-state index < -0.39 is 12.1 Å². The second kappa shape index (κ2) is 76.8. The summed E-state index contributed by atoms with van der Waals surface area (Å²) in [5.41, 5.74) is 0. The highest BCUT2D eigenvalue weighted by molar-refractivity contribution is 5.76. The molecule has 2 unspecified atom stereocenters. The monoisotopic (exact) mass is 1220 g/mol. The van der Waals surface area contributed by atoms with Gasteiger partial charge in [0, 0.05) is 12.8 Å². The first kappa shape index (κ1) is 85.3. The third-order valence-electron chi connectivity index (χ3n) is 19.0. The molecule has 2 atom stereocenters. The number of carbonyl (C=O) groups excluding carboxylic acids is 2. The van der Waals surface area contributed by atoms with Crippen molar-refractivity contribution in [1.29, 1.82) is 0 Å². The summed E-state index contributed by atoms with van der Waals surface area (Å²) in [6, 6.07) is -0.544. The van der Waals surface area contributed by atoms with Crippen LogP contribution < -0.4 is 5.32 Å². The molecule has 0 aromatic carbocycles. The average molecular weight is 1230 g/mol. The first-order valence-corrected chi connectivity index (χ1v) is 40.1. The minimum Gasteiger partial charge on any atom is -0.466 e. The van der Waals surface area contributed by atoms with Crippen LogP contribution in [0.15, 0.2) is 24.3 Å². The van der Waals surface area contributed by atoms with Crippen LogP contribution in [0.4, 0.5) is 0 Å². The van der Waals surface area contributed by atoms with Crippen molar-refractivity contribution in [2.45, 2.75) is 469 Å². The van der Waals surface area contributed by atoms with E-state index in [1.54, 1.807) is 0 Å². The topological polar surface area (TPSA) is 95.9 Å². The molecule has 0 aromatic rings. The van der Waals surface area contributed by atoms with Crippen LogP contribution in [-0.2, 0) is 14.3 Å². The third-order valence-corrected chi connectivity index (χ3v) is 19.0. The fourth-order valence-electron chi connectivity index (χ4n) is 12.9. The normalized spacial score (nSPS) is 12.6. The van der Waals surface area contributed by atoms with Gasteiger partial charge in [0.25, 0.3) is 0 Å². The van der Waals surface area contributed by atoms with Gasteiger partial charge in [0.2, 0.25) is 5.91 Å². The number of aliphatic hydroxyl groups is 2. The summed E-state index contributed by atoms with van der Waals surface area (Å²) in [6.07, 6.45) is 98.4. The molecular weight excluding hydrogens is 1070 g/mol. The Kier molecular flexibility index (Phi) is 75.3. The van der Waals surface area contributed by atoms with Crippen molar-refractivity contribution in [3.63, 3.8) is 0 Å². The number of carbonyl (C=O) groups is 2. The van der Waals surface area contributed by atoms with Crippen molar-refractivity contribution in [1.82, 2.24) is 5.32 Å². The molecule has 87 heavy (non-hydrogen) atoms. The standard InChI is InChI=1S/C81H157NO5/c1-3-5-7-9-11-13-15-17-19-21-22-23-24-32-35-38-42-45-49-53-57-61-65-69-73-79(84)78(77-83)82-80(85)74-70-66-62-58-54-50-46-43-39-36-33-30-28-26-25-27-29-31-34-37-40-44-48-52-56-60-64-68-72-76-87-81(86)75-71-67-63-59-55-51-47-41-20-18-16-14-12-10-8-6-4-2/h25,27,31,34,78-79,83-84H,3-24,26,28-30,32-33,35-77H2,1-2H3,(H,82,85)/b27-25-,34-31-. The maximum absolute atomic E-state index is 12.6. The maximum Gasteiger partial charge on any atom is 0.305 e. The van der Waals surface area contributed by atoms with Gasteiger partial charge in [0.1, 0.15) is 0 Å². The van der Waals surface area contributed by atoms with Crippen molar-refractivity contribution in [2.24, 2.45) is 0 Å². The molecule has 3 N–H and O–H groups in total. The number of hydrogen-bond acceptors (Lipinski definition) is 5. The Balaban J connectivity index is 3.39. The number of allylic oxidation sites excluding steroid dienone is 4. The Morgan fingerprint density at radius 3 is 0.874 bits per heavy atom. The maximum atomic E-state index is 12.6. The molecule has 516 valence electrons. The van der Waals surface area contributed by atoms with Crippen LogP contribution in [0, 0.1) is 0 Å². The smallest absolute Gasteiger partial charge is 0.305 e. The van der Waals surface area contributed by atoms with Crippen LogP contribution in [-0.4, -0.2) is 47.4 Å². The lowest BCUT2D eigenvalue weighted by Gasteiger charge is -2.22. The molecule has 0 aliphatic heterocycles. The molecule has 0 spiro atoms. The third kappa shape index (κ3) is 73.3. The Hall–Kier alpha value is -1.66. The van der Waals surface area contributed by atoms with E-state index in [4.69, 9.17) is 4.74 Å². The molecule has 0 rings (SSSR count). The van der Waals surface area contributed by atoms with Crippen LogP contribution in [0.3, 0.4) is 0 Å². The average Bonchev–Trinajstić information content (AvgIpc) is 3.58. The molecule has 0 saturated carbocycles. The lowest BCUT2D eigenvalue weighted by Crippen LogP contribution is -2.45. The molecular formula is C81H157NO5. The van der Waals surface area contributed by atoms with Crippen molar-refractivity contribution in [2.75, 3.05) is 13.2 Å². The van der Waals surface area contributed by atoms with Crippen LogP contribution in [0.2, 0.25) is 0 Å². The predicted octanol–water partition coefficient (Wildman–Crippen LogP) is 26.4. The number of rotatable bonds is 76. The summed E-state index contributed by atoms with van der Waals surface area (Å²) >= 11 is 0. The zero-order valence-electron chi connectivity index (χ0n) is 59.3. The quantitative estimate of drug-likeness (QED) is 0.0320. The summed E-state index contributed by atoms with van der Waals surface area (Å²) in [6.45, 7) is 5.01. The van der Waals surface area contributed by atoms with E-state index in [1.165, 1.54) is 379 Å². The van der Waals surface area contributed by atoms with E-state index >= 15 is 0 Å². The largest absolute Gasteiger partial charge is 0.466 e. The van der Waals surface area contributed by atoms with E-state index in [0.29, 0.717) is 25.9 Å². The molecule has 0 radical (unpaired) electrons. The van der Waals surface area contributed by atoms with Crippen LogP contribution in [0.1, 0.15) is 457 Å². The second-order valence-corrected chi connectivity index (χ2v) is 27.8. The minimum atomic E-state index is -0.667. The summed E-state index contributed by atoms with van der Waals surface area (Å²) in [4.78, 5) is 24.7. The summed E-state index contributed by atoms with van der Waals surface area (Å²) in [5, 5.41) is 23.5. The van der Waals surface area contributed by atoms with Crippen molar-refractivity contribution in [3.05, 3.63) is 24.3 Å². The lowest BCUT2D eigenvalue weighted by atomic mass is 10.0. The molecule has 6 nitrogen and oxygen atoms in total. The fraction of sp³-hybridized carbons (Fsp3) is 0.926. The van der Waals surface area contributed by atoms with Gasteiger partial charge < -0.3 is 20.3 Å². The fourth-order valence-corrected chi connectivity index (χ4v) is 12.9. The summed E-state index contributed by atoms with van der Waals surface area (Å²) < 4.78 is 5.51. The van der Waals surface area contributed by atoms with Crippen LogP contribution >= 0.6 is 0 Å². The highest BCUT2D eigenvalue weighted by atomic mass is 16.5. The highest BCUT2D eigenvalue weighted by Crippen LogP contribution is 2.20. The number of unbranched alkanes of at least 4 members (excludes halogenated alkanes) is 61. The van der Waals surface area contributed by atoms with Crippen molar-refractivity contribution < 1.29 is 24.5 Å². The summed E-state index contributed by atoms with van der Waals surface area (Å²) in [7, 11) is 0. The number of hydrogen-bond donors (Lipinski definition) is 3. The second-order valence-electron chi connectivity index (χ2n) is 27.8. The van der Waals surface area contributed by atoms with Gasteiger partial charge in [0.05, 0.1) is 25.4 Å². The number of nitrogens with one attached hydrogen (secondary N) is 1. The van der Waals surface area contributed by atoms with E-state index in [0.717, 1.165) is 44.9 Å². The molecule has 0 bridgehead atoms. The molecule has 0 fully saturated rings. The molecule has 0 aromatic heterocycles. The SMILES string of the molecule is CCCCCCCCCCCCCCCCCCCCCCCCCCC(O)C(CO)NC(=O)CCCCCCCCCCCCCCC/C=C\C/C=C\CCCCCCCCCCCOC(=O)CCCCCCCCCCCCCCCCCCC. The van der Waals surface area contributed by atoms with Crippen molar-refractivity contribution in [3.8, 4) is 0 Å². The molecule has 0 aliphatic rings. The van der Waals surface area contributed by atoms with Gasteiger partial charge in [-0.1, -0.05) is 411 Å². The molecule has 0 saturated heterocycles. The number of ether oxygens (including phenoxy) is 1. The predicted molar refractivity (Wildman–Crippen MR) is 384 cm³/mol. The van der Waals surface area contributed by atoms with Gasteiger partial charge in [-0.15, -0.1) is 0 Å². The van der Waals surface area contributed by atoms with Gasteiger partial charge in [-0.25, -0.2) is 0 Å². The minimum absolute atomic E-state index is 0.0172. The molecule has 0 heterocycles. The van der Waals surface area contributed by atoms with Crippen LogP contribution in [0.5, 0.6) is 0 Å². The number of aliphatic hydroxyl groups excluding tert-OH is 2. The molecule has 6 heteroatoms. The van der Waals surface area contributed by atoms with E-state index in [1.807, 2.05) is 0 Å². The van der Waals surface area contributed by atoms with Gasteiger partial charge in [-0.3, -0.25) is 9.59 Å². The molecule has 1 amide bonds. The lowest BCUT2D eigenvalue weighted by molar-refractivity contribution is -0.143. The first-order chi connectivity index (χ1) is 43.0. The Morgan fingerprint density at radius 2 is 0.575 bits per heavy atom. The van der Waals surface area contributed by atoms with Crippen LogP contribution in [0.25, 0.3) is 0 Å². The van der Waals surface area contributed by atoms with Gasteiger partial charge in [-0.05, 0) is 57.8 Å². The Morgan fingerprint density at radius 1 is 0.322 bits per heavy atom. The van der Waals surface area contributed by atoms with Gasteiger partial charge in [-0.2, -0.15) is 0 Å². The Bertz CT molecular complexity index is 1360.